The van der Waals surface area contributed by atoms with E-state index in [-0.39, 0.29) is 46.9 Å². The lowest BCUT2D eigenvalue weighted by atomic mass is 9.77. The average molecular weight is 655 g/mol. The molecular weight excluding hydrogens is 610 g/mol. The average Bonchev–Trinajstić information content (AvgIpc) is 3.46. The zero-order valence-corrected chi connectivity index (χ0v) is 27.8. The van der Waals surface area contributed by atoms with Gasteiger partial charge in [-0.1, -0.05) is 19.9 Å². The standard InChI is InChI=1S/C38H44F2N6O2/c1-24(2)38(40)10-6-33-29(20-38)18-27-17-28(19-31(39)35(27)44-33)36(48)45-34(25-3-4-32(41-22-25)26-7-13-42-43-23-26)8-14-46-15-11-37(12-16-46)9-5-30(47)21-37/h3-4,7,13,17-19,22-24,30,34,47H,5-6,8-12,14-16,20-21H2,1-2H3,(H,45,48)/t30?,34?,38-/m0/s1. The van der Waals surface area contributed by atoms with Crippen LogP contribution in [0.25, 0.3) is 22.2 Å². The zero-order chi connectivity index (χ0) is 33.5. The Bertz CT molecular complexity index is 1780. The molecular formula is C38H44F2N6O2. The van der Waals surface area contributed by atoms with E-state index in [1.165, 1.54) is 6.07 Å². The molecule has 1 aromatic carbocycles. The van der Waals surface area contributed by atoms with Gasteiger partial charge < -0.3 is 15.3 Å². The van der Waals surface area contributed by atoms with Crippen LogP contribution < -0.4 is 5.32 Å². The van der Waals surface area contributed by atoms with Crippen LogP contribution in [0.1, 0.15) is 92.0 Å². The number of benzene rings is 1. The molecule has 48 heavy (non-hydrogen) atoms. The molecule has 7 rings (SSSR count). The first-order valence-corrected chi connectivity index (χ1v) is 17.4. The Labute approximate surface area is 280 Å². The van der Waals surface area contributed by atoms with Crippen molar-refractivity contribution in [3.05, 3.63) is 83.2 Å². The summed E-state index contributed by atoms with van der Waals surface area (Å²) < 4.78 is 31.1. The van der Waals surface area contributed by atoms with Crippen LogP contribution in [0, 0.1) is 17.2 Å². The molecule has 8 nitrogen and oxygen atoms in total. The number of likely N-dealkylation sites (tertiary alicyclic amines) is 1. The van der Waals surface area contributed by atoms with E-state index in [4.69, 9.17) is 0 Å². The van der Waals surface area contributed by atoms with Gasteiger partial charge in [-0.25, -0.2) is 13.8 Å². The maximum atomic E-state index is 15.6. The van der Waals surface area contributed by atoms with Gasteiger partial charge in [-0.05, 0) is 117 Å². The van der Waals surface area contributed by atoms with Gasteiger partial charge in [0.25, 0.3) is 5.91 Å². The number of hydrogen-bond acceptors (Lipinski definition) is 7. The van der Waals surface area contributed by atoms with Gasteiger partial charge in [-0.2, -0.15) is 10.2 Å². The molecule has 2 aliphatic carbocycles. The van der Waals surface area contributed by atoms with E-state index >= 15 is 8.78 Å². The number of pyridine rings is 2. The van der Waals surface area contributed by atoms with Crippen molar-refractivity contribution in [1.29, 1.82) is 0 Å². The van der Waals surface area contributed by atoms with E-state index in [1.807, 2.05) is 38.1 Å². The molecule has 252 valence electrons. The number of amides is 1. The van der Waals surface area contributed by atoms with E-state index in [0.29, 0.717) is 24.6 Å². The molecule has 0 radical (unpaired) electrons. The smallest absolute Gasteiger partial charge is 0.251 e. The minimum atomic E-state index is -1.33. The van der Waals surface area contributed by atoms with E-state index in [0.717, 1.165) is 79.8 Å². The van der Waals surface area contributed by atoms with Gasteiger partial charge in [0.2, 0.25) is 0 Å². The third-order valence-electron chi connectivity index (χ3n) is 11.3. The number of carbonyl (C=O) groups excluding carboxylic acids is 1. The predicted octanol–water partition coefficient (Wildman–Crippen LogP) is 6.57. The highest BCUT2D eigenvalue weighted by atomic mass is 19.1. The highest BCUT2D eigenvalue weighted by Crippen LogP contribution is 2.46. The molecule has 1 spiro atoms. The van der Waals surface area contributed by atoms with Crippen LogP contribution in [0.3, 0.4) is 0 Å². The topological polar surface area (TPSA) is 104 Å². The fourth-order valence-corrected chi connectivity index (χ4v) is 8.03. The van der Waals surface area contributed by atoms with Crippen molar-refractivity contribution >= 4 is 16.8 Å². The quantitative estimate of drug-likeness (QED) is 0.222. The molecule has 3 aromatic heterocycles. The number of carbonyl (C=O) groups is 1. The number of aliphatic hydroxyl groups excluding tert-OH is 1. The van der Waals surface area contributed by atoms with Crippen molar-refractivity contribution in [2.75, 3.05) is 19.6 Å². The number of alkyl halides is 1. The summed E-state index contributed by atoms with van der Waals surface area (Å²) in [6, 6.07) is 10.1. The maximum Gasteiger partial charge on any atom is 0.251 e. The number of aromatic nitrogens is 4. The summed E-state index contributed by atoms with van der Waals surface area (Å²) in [7, 11) is 0. The Morgan fingerprint density at radius 3 is 2.60 bits per heavy atom. The monoisotopic (exact) mass is 654 g/mol. The van der Waals surface area contributed by atoms with E-state index in [9.17, 15) is 9.90 Å². The fraction of sp³-hybridized carbons (Fsp3) is 0.500. The summed E-state index contributed by atoms with van der Waals surface area (Å²) in [5.41, 5.74) is 3.31. The van der Waals surface area contributed by atoms with Crippen molar-refractivity contribution in [2.24, 2.45) is 11.3 Å². The van der Waals surface area contributed by atoms with Gasteiger partial charge in [0.05, 0.1) is 30.2 Å². The van der Waals surface area contributed by atoms with Gasteiger partial charge >= 0.3 is 0 Å². The summed E-state index contributed by atoms with van der Waals surface area (Å²) in [5.74, 6) is -1.09. The highest BCUT2D eigenvalue weighted by Gasteiger charge is 2.41. The SMILES string of the molecule is CC(C)[C@]1(F)CCc2nc3c(F)cc(C(=O)NC(CCN4CCC5(CCC(O)C5)CC4)c4ccc(-c5ccnnc5)nc4)cc3cc2C1. The number of fused-ring (bicyclic) bond motifs is 2. The zero-order valence-electron chi connectivity index (χ0n) is 27.8. The van der Waals surface area contributed by atoms with Gasteiger partial charge in [0, 0.05) is 41.4 Å². The molecule has 2 fully saturated rings. The second kappa shape index (κ2) is 13.2. The summed E-state index contributed by atoms with van der Waals surface area (Å²) in [5, 5.41) is 21.6. The van der Waals surface area contributed by atoms with Crippen LogP contribution >= 0.6 is 0 Å². The van der Waals surface area contributed by atoms with Gasteiger partial charge in [0.1, 0.15) is 17.0 Å². The van der Waals surface area contributed by atoms with Crippen molar-refractivity contribution in [1.82, 2.24) is 30.4 Å². The molecule has 3 aliphatic rings. The van der Waals surface area contributed by atoms with Crippen LogP contribution in [0.15, 0.2) is 55.0 Å². The van der Waals surface area contributed by atoms with Crippen LogP contribution in [0.4, 0.5) is 8.78 Å². The summed E-state index contributed by atoms with van der Waals surface area (Å²) in [6.07, 6.45) is 11.7. The number of piperidine rings is 1. The van der Waals surface area contributed by atoms with Crippen molar-refractivity contribution < 1.29 is 18.7 Å². The third kappa shape index (κ3) is 6.69. The molecule has 0 bridgehead atoms. The Hall–Kier alpha value is -3.89. The largest absolute Gasteiger partial charge is 0.393 e. The minimum absolute atomic E-state index is 0.140. The Morgan fingerprint density at radius 1 is 1.08 bits per heavy atom. The number of nitrogens with zero attached hydrogens (tertiary/aromatic N) is 5. The number of nitrogens with one attached hydrogen (secondary N) is 1. The lowest BCUT2D eigenvalue weighted by molar-refractivity contribution is 0.0820. The van der Waals surface area contributed by atoms with Gasteiger partial charge in [-0.3, -0.25) is 9.78 Å². The Kier molecular flexibility index (Phi) is 8.98. The molecule has 1 amide bonds. The number of halogens is 2. The Morgan fingerprint density at radius 2 is 1.92 bits per heavy atom. The molecule has 1 aliphatic heterocycles. The predicted molar refractivity (Wildman–Crippen MR) is 180 cm³/mol. The maximum absolute atomic E-state index is 15.6. The molecule has 4 aromatic rings. The number of aliphatic hydroxyl groups is 1. The van der Waals surface area contributed by atoms with E-state index in [1.54, 1.807) is 24.7 Å². The second-order valence-electron chi connectivity index (χ2n) is 14.7. The van der Waals surface area contributed by atoms with Crippen LogP contribution in [0.2, 0.25) is 0 Å². The van der Waals surface area contributed by atoms with E-state index < -0.39 is 11.5 Å². The van der Waals surface area contributed by atoms with Crippen molar-refractivity contribution in [3.8, 4) is 11.3 Å². The minimum Gasteiger partial charge on any atom is -0.393 e. The normalized spacial score (nSPS) is 23.0. The summed E-state index contributed by atoms with van der Waals surface area (Å²) >= 11 is 0. The van der Waals surface area contributed by atoms with Crippen LogP contribution in [0.5, 0.6) is 0 Å². The molecule has 1 saturated heterocycles. The highest BCUT2D eigenvalue weighted by molar-refractivity contribution is 5.98. The van der Waals surface area contributed by atoms with Crippen LogP contribution in [-0.4, -0.2) is 67.5 Å². The molecule has 2 N–H and O–H groups in total. The molecule has 2 unspecified atom stereocenters. The number of hydrogen-bond donors (Lipinski definition) is 2. The number of aryl methyl sites for hydroxylation is 1. The first-order chi connectivity index (χ1) is 23.1. The van der Waals surface area contributed by atoms with Crippen molar-refractivity contribution in [3.63, 3.8) is 0 Å². The molecule has 1 saturated carbocycles. The van der Waals surface area contributed by atoms with Crippen molar-refractivity contribution in [2.45, 2.75) is 89.4 Å². The lowest BCUT2D eigenvalue weighted by Crippen LogP contribution is -2.41. The van der Waals surface area contributed by atoms with Gasteiger partial charge in [0.15, 0.2) is 0 Å². The van der Waals surface area contributed by atoms with E-state index in [2.05, 4.69) is 30.4 Å². The number of rotatable bonds is 8. The summed E-state index contributed by atoms with van der Waals surface area (Å²) in [6.45, 7) is 6.48. The fourth-order valence-electron chi connectivity index (χ4n) is 8.03. The third-order valence-corrected chi connectivity index (χ3v) is 11.3. The Balaban J connectivity index is 1.11. The molecule has 4 heterocycles. The first-order valence-electron chi connectivity index (χ1n) is 17.4. The summed E-state index contributed by atoms with van der Waals surface area (Å²) in [4.78, 5) is 25.5. The second-order valence-corrected chi connectivity index (χ2v) is 14.7. The first kappa shape index (κ1) is 32.6. The van der Waals surface area contributed by atoms with Gasteiger partial charge in [-0.15, -0.1) is 0 Å². The molecule has 10 heteroatoms. The van der Waals surface area contributed by atoms with Crippen LogP contribution in [-0.2, 0) is 12.8 Å². The lowest BCUT2D eigenvalue weighted by Gasteiger charge is -2.39. The molecule has 3 atom stereocenters.